The summed E-state index contributed by atoms with van der Waals surface area (Å²) in [4.78, 5) is 4.16. The summed E-state index contributed by atoms with van der Waals surface area (Å²) in [6.45, 7) is 10.1. The van der Waals surface area contributed by atoms with Gasteiger partial charge in [0.25, 0.3) is 0 Å². The molecule has 0 spiro atoms. The average Bonchev–Trinajstić information content (AvgIpc) is 2.93. The van der Waals surface area contributed by atoms with Crippen molar-refractivity contribution in [1.29, 1.82) is 0 Å². The fraction of sp³-hybridized carbons (Fsp3) is 0.500. The Morgan fingerprint density at radius 3 is 2.38 bits per heavy atom. The first-order valence-corrected chi connectivity index (χ1v) is 6.98. The largest absolute Gasteiger partial charge is 0.518 e. The van der Waals surface area contributed by atoms with Crippen molar-refractivity contribution < 1.29 is 9.31 Å². The molecule has 1 aliphatic heterocycles. The van der Waals surface area contributed by atoms with Crippen LogP contribution in [0.25, 0.3) is 5.69 Å². The minimum Gasteiger partial charge on any atom is -0.398 e. The standard InChI is InChI=1S/C14H19BN4O2/c1-10-6-11(8-16-7-10)19-9-12(17-18-19)15-20-13(2,3)14(4,5)21-15/h6-9H,1-5H3. The van der Waals surface area contributed by atoms with Crippen molar-refractivity contribution in [3.8, 4) is 5.69 Å². The predicted molar refractivity (Wildman–Crippen MR) is 79.6 cm³/mol. The van der Waals surface area contributed by atoms with Crippen LogP contribution in [-0.2, 0) is 9.31 Å². The van der Waals surface area contributed by atoms with Crippen LogP contribution in [0.15, 0.2) is 24.7 Å². The van der Waals surface area contributed by atoms with Crippen LogP contribution < -0.4 is 5.59 Å². The molecule has 1 saturated heterocycles. The van der Waals surface area contributed by atoms with Crippen LogP contribution in [0, 0.1) is 6.92 Å². The van der Waals surface area contributed by atoms with Gasteiger partial charge in [-0.2, -0.15) is 0 Å². The molecule has 0 aromatic carbocycles. The Hall–Kier alpha value is -1.73. The highest BCUT2D eigenvalue weighted by atomic mass is 16.7. The molecule has 0 atom stereocenters. The molecule has 0 amide bonds. The van der Waals surface area contributed by atoms with Gasteiger partial charge < -0.3 is 9.31 Å². The molecular weight excluding hydrogens is 267 g/mol. The zero-order chi connectivity index (χ0) is 15.3. The van der Waals surface area contributed by atoms with E-state index in [1.165, 1.54) is 0 Å². The average molecular weight is 286 g/mol. The fourth-order valence-electron chi connectivity index (χ4n) is 2.14. The van der Waals surface area contributed by atoms with E-state index in [1.54, 1.807) is 17.1 Å². The SMILES string of the molecule is Cc1cncc(-n2cc(B3OC(C)(C)C(C)(C)O3)nn2)c1. The van der Waals surface area contributed by atoms with E-state index in [4.69, 9.17) is 9.31 Å². The number of pyridine rings is 1. The van der Waals surface area contributed by atoms with Crippen molar-refractivity contribution >= 4 is 12.7 Å². The van der Waals surface area contributed by atoms with E-state index in [1.807, 2.05) is 46.9 Å². The lowest BCUT2D eigenvalue weighted by molar-refractivity contribution is 0.00578. The molecule has 0 bridgehead atoms. The Balaban J connectivity index is 1.87. The van der Waals surface area contributed by atoms with Crippen LogP contribution in [0.5, 0.6) is 0 Å². The van der Waals surface area contributed by atoms with E-state index in [2.05, 4.69) is 15.3 Å². The van der Waals surface area contributed by atoms with Crippen LogP contribution in [0.4, 0.5) is 0 Å². The van der Waals surface area contributed by atoms with Gasteiger partial charge in [-0.15, -0.1) is 5.10 Å². The smallest absolute Gasteiger partial charge is 0.398 e. The van der Waals surface area contributed by atoms with Crippen LogP contribution in [0.2, 0.25) is 0 Å². The van der Waals surface area contributed by atoms with Gasteiger partial charge in [0.2, 0.25) is 0 Å². The molecule has 2 aromatic rings. The zero-order valence-electron chi connectivity index (χ0n) is 13.0. The van der Waals surface area contributed by atoms with Gasteiger partial charge in [-0.1, -0.05) is 5.21 Å². The van der Waals surface area contributed by atoms with Crippen LogP contribution >= 0.6 is 0 Å². The normalized spacial score (nSPS) is 20.0. The Morgan fingerprint density at radius 2 is 1.76 bits per heavy atom. The Morgan fingerprint density at radius 1 is 1.10 bits per heavy atom. The summed E-state index contributed by atoms with van der Waals surface area (Å²) in [5, 5.41) is 8.30. The quantitative estimate of drug-likeness (QED) is 0.778. The molecule has 0 unspecified atom stereocenters. The van der Waals surface area contributed by atoms with E-state index in [0.717, 1.165) is 11.3 Å². The maximum Gasteiger partial charge on any atom is 0.518 e. The summed E-state index contributed by atoms with van der Waals surface area (Å²) in [7, 11) is -0.499. The maximum absolute atomic E-state index is 5.97. The second-order valence-corrected chi connectivity index (χ2v) is 6.40. The van der Waals surface area contributed by atoms with E-state index in [0.29, 0.717) is 5.59 Å². The maximum atomic E-state index is 5.97. The molecule has 7 heteroatoms. The van der Waals surface area contributed by atoms with Gasteiger partial charge in [0.15, 0.2) is 0 Å². The van der Waals surface area contributed by atoms with Crippen molar-refractivity contribution in [2.24, 2.45) is 0 Å². The highest BCUT2D eigenvalue weighted by Gasteiger charge is 2.52. The molecule has 21 heavy (non-hydrogen) atoms. The van der Waals surface area contributed by atoms with Crippen molar-refractivity contribution in [1.82, 2.24) is 20.0 Å². The number of hydrogen-bond acceptors (Lipinski definition) is 5. The molecule has 6 nitrogen and oxygen atoms in total. The van der Waals surface area contributed by atoms with Crippen LogP contribution in [0.1, 0.15) is 33.3 Å². The number of nitrogens with zero attached hydrogens (tertiary/aromatic N) is 4. The minimum absolute atomic E-state index is 0.383. The zero-order valence-corrected chi connectivity index (χ0v) is 13.0. The third-order valence-electron chi connectivity index (χ3n) is 4.13. The number of aromatic nitrogens is 4. The molecule has 0 saturated carbocycles. The van der Waals surface area contributed by atoms with Crippen molar-refractivity contribution in [2.45, 2.75) is 45.8 Å². The Labute approximate surface area is 124 Å². The summed E-state index contributed by atoms with van der Waals surface area (Å²) in [5.41, 5.74) is 1.83. The topological polar surface area (TPSA) is 62.1 Å². The summed E-state index contributed by atoms with van der Waals surface area (Å²) in [6.07, 6.45) is 5.36. The van der Waals surface area contributed by atoms with Crippen LogP contribution in [-0.4, -0.2) is 38.3 Å². The van der Waals surface area contributed by atoms with E-state index in [9.17, 15) is 0 Å². The van der Waals surface area contributed by atoms with Crippen LogP contribution in [0.3, 0.4) is 0 Å². The summed E-state index contributed by atoms with van der Waals surface area (Å²) >= 11 is 0. The molecule has 2 aromatic heterocycles. The van der Waals surface area contributed by atoms with Crippen molar-refractivity contribution in [2.75, 3.05) is 0 Å². The number of aryl methyl sites for hydroxylation is 1. The molecule has 1 fully saturated rings. The van der Waals surface area contributed by atoms with Crippen molar-refractivity contribution in [3.05, 3.63) is 30.2 Å². The third-order valence-corrected chi connectivity index (χ3v) is 4.13. The number of rotatable bonds is 2. The van der Waals surface area contributed by atoms with E-state index >= 15 is 0 Å². The number of hydrogen-bond donors (Lipinski definition) is 0. The molecule has 110 valence electrons. The van der Waals surface area contributed by atoms with Gasteiger partial charge in [0.1, 0.15) is 5.59 Å². The Bertz CT molecular complexity index is 652. The van der Waals surface area contributed by atoms with Gasteiger partial charge >= 0.3 is 7.12 Å². The van der Waals surface area contributed by atoms with Gasteiger partial charge in [-0.05, 0) is 46.2 Å². The lowest BCUT2D eigenvalue weighted by Crippen LogP contribution is -2.41. The lowest BCUT2D eigenvalue weighted by atomic mass is 9.86. The van der Waals surface area contributed by atoms with E-state index < -0.39 is 7.12 Å². The predicted octanol–water partition coefficient (Wildman–Crippen LogP) is 1.27. The van der Waals surface area contributed by atoms with Gasteiger partial charge in [-0.25, -0.2) is 4.68 Å². The molecule has 3 rings (SSSR count). The summed E-state index contributed by atoms with van der Waals surface area (Å²) in [5.74, 6) is 0. The minimum atomic E-state index is -0.499. The summed E-state index contributed by atoms with van der Waals surface area (Å²) < 4.78 is 13.6. The third kappa shape index (κ3) is 2.47. The molecule has 3 heterocycles. The highest BCUT2D eigenvalue weighted by Crippen LogP contribution is 2.36. The first-order valence-electron chi connectivity index (χ1n) is 6.98. The van der Waals surface area contributed by atoms with E-state index in [-0.39, 0.29) is 11.2 Å². The first-order chi connectivity index (χ1) is 9.78. The fourth-order valence-corrected chi connectivity index (χ4v) is 2.14. The second kappa shape index (κ2) is 4.64. The highest BCUT2D eigenvalue weighted by molar-refractivity contribution is 6.61. The monoisotopic (exact) mass is 286 g/mol. The van der Waals surface area contributed by atoms with Gasteiger partial charge in [0.05, 0.1) is 29.3 Å². The van der Waals surface area contributed by atoms with Gasteiger partial charge in [-0.3, -0.25) is 4.98 Å². The van der Waals surface area contributed by atoms with Gasteiger partial charge in [0, 0.05) is 6.20 Å². The second-order valence-electron chi connectivity index (χ2n) is 6.40. The van der Waals surface area contributed by atoms with Crippen molar-refractivity contribution in [3.63, 3.8) is 0 Å². The molecule has 0 aliphatic carbocycles. The Kier molecular flexibility index (Phi) is 3.14. The summed E-state index contributed by atoms with van der Waals surface area (Å²) in [6, 6.07) is 2.00. The molecule has 1 aliphatic rings. The molecular formula is C14H19BN4O2. The molecule has 0 radical (unpaired) electrons. The lowest BCUT2D eigenvalue weighted by Gasteiger charge is -2.32. The molecule has 0 N–H and O–H groups in total. The first kappa shape index (κ1) is 14.2.